The van der Waals surface area contributed by atoms with Gasteiger partial charge in [0.2, 0.25) is 5.91 Å². The molecule has 210 valence electrons. The lowest BCUT2D eigenvalue weighted by molar-refractivity contribution is -0.140. The number of anilines is 1. The van der Waals surface area contributed by atoms with Crippen LogP contribution in [0, 0.1) is 5.92 Å². The Morgan fingerprint density at radius 2 is 1.48 bits per heavy atom. The van der Waals surface area contributed by atoms with Crippen LogP contribution in [0.4, 0.5) is 5.69 Å². The molecule has 3 aromatic carbocycles. The largest absolute Gasteiger partial charge is 0.480 e. The predicted octanol–water partition coefficient (Wildman–Crippen LogP) is 3.67. The van der Waals surface area contributed by atoms with Crippen molar-refractivity contribution in [2.24, 2.45) is 5.92 Å². The van der Waals surface area contributed by atoms with Gasteiger partial charge in [-0.3, -0.25) is 29.4 Å². The van der Waals surface area contributed by atoms with Crippen LogP contribution < -0.4 is 15.5 Å². The topological polar surface area (TPSA) is 119 Å². The zero-order valence-electron chi connectivity index (χ0n) is 23.3. The van der Waals surface area contributed by atoms with Crippen LogP contribution in [0.25, 0.3) is 10.8 Å². The highest BCUT2D eigenvalue weighted by Crippen LogP contribution is 2.28. The maximum atomic E-state index is 13.1. The summed E-state index contributed by atoms with van der Waals surface area (Å²) in [6.45, 7) is 4.14. The fourth-order valence-electron chi connectivity index (χ4n) is 4.91. The Labute approximate surface area is 234 Å². The van der Waals surface area contributed by atoms with E-state index in [9.17, 15) is 24.3 Å². The number of carboxylic acid groups (broad SMARTS) is 1. The van der Waals surface area contributed by atoms with E-state index in [-0.39, 0.29) is 24.8 Å². The number of aliphatic carboxylic acids is 1. The van der Waals surface area contributed by atoms with Crippen molar-refractivity contribution in [3.63, 3.8) is 0 Å². The first kappa shape index (κ1) is 28.8. The van der Waals surface area contributed by atoms with E-state index in [1.165, 1.54) is 0 Å². The molecule has 4 rings (SSSR count). The molecule has 0 bridgehead atoms. The minimum atomic E-state index is -1.15. The fraction of sp³-hybridized carbons (Fsp3) is 0.355. The molecule has 40 heavy (non-hydrogen) atoms. The molecule has 1 aliphatic rings. The smallest absolute Gasteiger partial charge is 0.320 e. The molecular formula is C31H36N4O5. The number of benzene rings is 3. The SMILES string of the molecule is CC(C)C[C@H](N[C@H](CCN1C(=O)c2cc3ccccc3cc2C1=O)C(=O)O)C(=O)NCc1ccc(N(C)C)cc1. The summed E-state index contributed by atoms with van der Waals surface area (Å²) in [5, 5.41) is 17.5. The van der Waals surface area contributed by atoms with E-state index >= 15 is 0 Å². The summed E-state index contributed by atoms with van der Waals surface area (Å²) in [6, 6.07) is 16.8. The van der Waals surface area contributed by atoms with Gasteiger partial charge in [0.25, 0.3) is 11.8 Å². The second-order valence-electron chi connectivity index (χ2n) is 10.8. The molecular weight excluding hydrogens is 508 g/mol. The number of nitrogens with one attached hydrogen (secondary N) is 2. The summed E-state index contributed by atoms with van der Waals surface area (Å²) in [6.07, 6.45) is 0.392. The summed E-state index contributed by atoms with van der Waals surface area (Å²) in [7, 11) is 3.90. The lowest BCUT2D eigenvalue weighted by atomic mass is 10.0. The third-order valence-corrected chi connectivity index (χ3v) is 7.12. The first-order valence-corrected chi connectivity index (χ1v) is 13.5. The van der Waals surface area contributed by atoms with Crippen LogP contribution >= 0.6 is 0 Å². The van der Waals surface area contributed by atoms with E-state index in [2.05, 4.69) is 10.6 Å². The van der Waals surface area contributed by atoms with Crippen molar-refractivity contribution in [3.8, 4) is 0 Å². The van der Waals surface area contributed by atoms with Crippen molar-refractivity contribution in [1.82, 2.24) is 15.5 Å². The van der Waals surface area contributed by atoms with Gasteiger partial charge in [-0.25, -0.2) is 0 Å². The van der Waals surface area contributed by atoms with Crippen molar-refractivity contribution in [2.75, 3.05) is 25.5 Å². The van der Waals surface area contributed by atoms with E-state index in [1.807, 2.05) is 81.4 Å². The number of fused-ring (bicyclic) bond motifs is 2. The second kappa shape index (κ2) is 12.3. The lowest BCUT2D eigenvalue weighted by Gasteiger charge is -2.25. The molecule has 0 saturated carbocycles. The van der Waals surface area contributed by atoms with E-state index in [4.69, 9.17) is 0 Å². The zero-order valence-corrected chi connectivity index (χ0v) is 23.3. The Morgan fingerprint density at radius 3 is 1.98 bits per heavy atom. The van der Waals surface area contributed by atoms with Gasteiger partial charge in [0.15, 0.2) is 0 Å². The molecule has 0 aliphatic carbocycles. The van der Waals surface area contributed by atoms with Crippen molar-refractivity contribution in [1.29, 1.82) is 0 Å². The van der Waals surface area contributed by atoms with Gasteiger partial charge in [-0.15, -0.1) is 0 Å². The van der Waals surface area contributed by atoms with Gasteiger partial charge in [-0.1, -0.05) is 50.2 Å². The quantitative estimate of drug-likeness (QED) is 0.298. The number of hydrogen-bond donors (Lipinski definition) is 3. The summed E-state index contributed by atoms with van der Waals surface area (Å²) >= 11 is 0. The van der Waals surface area contributed by atoms with Crippen molar-refractivity contribution < 1.29 is 24.3 Å². The Kier molecular flexibility index (Phi) is 8.84. The number of carboxylic acids is 1. The van der Waals surface area contributed by atoms with Crippen LogP contribution in [0.1, 0.15) is 53.0 Å². The summed E-state index contributed by atoms with van der Waals surface area (Å²) in [4.78, 5) is 54.5. The molecule has 3 amide bonds. The maximum absolute atomic E-state index is 13.1. The predicted molar refractivity (Wildman–Crippen MR) is 154 cm³/mol. The van der Waals surface area contributed by atoms with Crippen molar-refractivity contribution in [3.05, 3.63) is 77.4 Å². The number of carbonyl (C=O) groups excluding carboxylic acids is 3. The highest BCUT2D eigenvalue weighted by atomic mass is 16.4. The number of amides is 3. The van der Waals surface area contributed by atoms with Crippen LogP contribution in [0.2, 0.25) is 0 Å². The van der Waals surface area contributed by atoms with E-state index in [1.54, 1.807) is 12.1 Å². The Balaban J connectivity index is 1.41. The van der Waals surface area contributed by atoms with E-state index in [0.29, 0.717) is 24.1 Å². The van der Waals surface area contributed by atoms with Crippen LogP contribution in [-0.2, 0) is 16.1 Å². The van der Waals surface area contributed by atoms with Crippen LogP contribution in [-0.4, -0.2) is 66.4 Å². The Hall–Kier alpha value is -4.24. The molecule has 3 N–H and O–H groups in total. The summed E-state index contributed by atoms with van der Waals surface area (Å²) in [5.41, 5.74) is 2.61. The van der Waals surface area contributed by atoms with Crippen molar-refractivity contribution >= 4 is 40.2 Å². The monoisotopic (exact) mass is 544 g/mol. The standard InChI is InChI=1S/C31H36N4O5/c1-19(2)15-27(28(36)32-18-20-9-11-23(12-10-20)34(3)4)33-26(31(39)40)13-14-35-29(37)24-16-21-7-5-6-8-22(21)17-25(24)30(35)38/h5-12,16-17,19,26-27,33H,13-15,18H2,1-4H3,(H,32,36)(H,39,40)/t26-,27+/m1/s1. The summed E-state index contributed by atoms with van der Waals surface area (Å²) < 4.78 is 0. The first-order chi connectivity index (χ1) is 19.0. The number of nitrogens with zero attached hydrogens (tertiary/aromatic N) is 2. The van der Waals surface area contributed by atoms with Crippen LogP contribution in [0.3, 0.4) is 0 Å². The molecule has 1 aliphatic heterocycles. The van der Waals surface area contributed by atoms with Crippen molar-refractivity contribution in [2.45, 2.75) is 45.3 Å². The Bertz CT molecular complexity index is 1360. The first-order valence-electron chi connectivity index (χ1n) is 13.5. The average molecular weight is 545 g/mol. The third kappa shape index (κ3) is 6.48. The number of hydrogen-bond acceptors (Lipinski definition) is 6. The molecule has 9 heteroatoms. The molecule has 0 aromatic heterocycles. The normalized spacial score (nSPS) is 14.4. The number of rotatable bonds is 12. The second-order valence-corrected chi connectivity index (χ2v) is 10.8. The van der Waals surface area contributed by atoms with Gasteiger partial charge in [-0.05, 0) is 59.4 Å². The highest BCUT2D eigenvalue weighted by molar-refractivity contribution is 6.23. The van der Waals surface area contributed by atoms with Gasteiger partial charge in [-0.2, -0.15) is 0 Å². The molecule has 0 spiro atoms. The summed E-state index contributed by atoms with van der Waals surface area (Å²) in [5.74, 6) is -2.20. The van der Waals surface area contributed by atoms with Gasteiger partial charge in [0, 0.05) is 32.9 Å². The third-order valence-electron chi connectivity index (χ3n) is 7.12. The van der Waals surface area contributed by atoms with Crippen LogP contribution in [0.5, 0.6) is 0 Å². The lowest BCUT2D eigenvalue weighted by Crippen LogP contribution is -2.52. The Morgan fingerprint density at radius 1 is 0.900 bits per heavy atom. The van der Waals surface area contributed by atoms with Gasteiger partial charge < -0.3 is 15.3 Å². The minimum Gasteiger partial charge on any atom is -0.480 e. The van der Waals surface area contributed by atoms with E-state index < -0.39 is 29.9 Å². The highest BCUT2D eigenvalue weighted by Gasteiger charge is 2.37. The van der Waals surface area contributed by atoms with Gasteiger partial charge in [0.05, 0.1) is 17.2 Å². The average Bonchev–Trinajstić information content (AvgIpc) is 3.15. The molecule has 2 atom stereocenters. The van der Waals surface area contributed by atoms with Gasteiger partial charge >= 0.3 is 5.97 Å². The van der Waals surface area contributed by atoms with E-state index in [0.717, 1.165) is 26.9 Å². The maximum Gasteiger partial charge on any atom is 0.320 e. The molecule has 1 heterocycles. The fourth-order valence-corrected chi connectivity index (χ4v) is 4.91. The van der Waals surface area contributed by atoms with Crippen LogP contribution in [0.15, 0.2) is 60.7 Å². The molecule has 0 unspecified atom stereocenters. The minimum absolute atomic E-state index is 0.0335. The molecule has 3 aromatic rings. The molecule has 0 radical (unpaired) electrons. The number of carbonyl (C=O) groups is 4. The zero-order chi connectivity index (χ0) is 29.0. The molecule has 9 nitrogen and oxygen atoms in total. The molecule has 0 saturated heterocycles. The molecule has 0 fully saturated rings. The van der Waals surface area contributed by atoms with Gasteiger partial charge in [0.1, 0.15) is 6.04 Å². The number of imide groups is 1.